The molecule has 2 aliphatic heterocycles. The highest BCUT2D eigenvalue weighted by Gasteiger charge is 2.32. The van der Waals surface area contributed by atoms with Crippen LogP contribution in [0.3, 0.4) is 0 Å². The summed E-state index contributed by atoms with van der Waals surface area (Å²) in [5.74, 6) is 1.39. The van der Waals surface area contributed by atoms with Gasteiger partial charge in [0.1, 0.15) is 5.69 Å². The van der Waals surface area contributed by atoms with Crippen LogP contribution in [-0.4, -0.2) is 71.5 Å². The van der Waals surface area contributed by atoms with Crippen LogP contribution in [0.5, 0.6) is 0 Å². The molecule has 9 nitrogen and oxygen atoms in total. The van der Waals surface area contributed by atoms with Crippen molar-refractivity contribution in [1.29, 1.82) is 0 Å². The van der Waals surface area contributed by atoms with Crippen molar-refractivity contribution in [2.45, 2.75) is 70.0 Å². The predicted octanol–water partition coefficient (Wildman–Crippen LogP) is 4.87. The fourth-order valence-electron chi connectivity index (χ4n) is 6.27. The number of methoxy groups -OCH3 is 1. The molecule has 2 saturated heterocycles. The number of hydrogen-bond acceptors (Lipinski definition) is 8. The van der Waals surface area contributed by atoms with Gasteiger partial charge >= 0.3 is 0 Å². The Kier molecular flexibility index (Phi) is 8.11. The predicted molar refractivity (Wildman–Crippen MR) is 149 cm³/mol. The fourth-order valence-corrected chi connectivity index (χ4v) is 6.27. The summed E-state index contributed by atoms with van der Waals surface area (Å²) in [4.78, 5) is 12.2. The second kappa shape index (κ2) is 11.9. The van der Waals surface area contributed by atoms with Gasteiger partial charge in [0.2, 0.25) is 0 Å². The summed E-state index contributed by atoms with van der Waals surface area (Å²) in [6.07, 6.45) is 8.44. The van der Waals surface area contributed by atoms with Crippen LogP contribution in [0.15, 0.2) is 24.4 Å². The van der Waals surface area contributed by atoms with Crippen molar-refractivity contribution in [3.05, 3.63) is 41.5 Å². The molecule has 1 saturated carbocycles. The van der Waals surface area contributed by atoms with Crippen LogP contribution in [0, 0.1) is 5.92 Å². The number of nitrogens with zero attached hydrogens (tertiary/aromatic N) is 5. The second-order valence-electron chi connectivity index (χ2n) is 11.2. The molecule has 0 radical (unpaired) electrons. The third-order valence-corrected chi connectivity index (χ3v) is 8.74. The van der Waals surface area contributed by atoms with Gasteiger partial charge in [0.25, 0.3) is 0 Å². The lowest BCUT2D eigenvalue weighted by Gasteiger charge is -2.34. The van der Waals surface area contributed by atoms with Gasteiger partial charge < -0.3 is 24.2 Å². The Morgan fingerprint density at radius 3 is 2.56 bits per heavy atom. The van der Waals surface area contributed by atoms with Gasteiger partial charge in [-0.1, -0.05) is 6.42 Å². The minimum Gasteiger partial charge on any atom is -0.384 e. The number of pyridine rings is 2. The van der Waals surface area contributed by atoms with E-state index in [2.05, 4.69) is 11.0 Å². The van der Waals surface area contributed by atoms with E-state index in [1.807, 2.05) is 29.9 Å². The van der Waals surface area contributed by atoms with Crippen LogP contribution < -0.4 is 4.90 Å². The first-order valence-corrected chi connectivity index (χ1v) is 14.7. The molecule has 1 aliphatic carbocycles. The molecule has 3 aliphatic rings. The van der Waals surface area contributed by atoms with Gasteiger partial charge in [-0.15, -0.1) is 0 Å². The van der Waals surface area contributed by atoms with Crippen molar-refractivity contribution in [2.24, 2.45) is 5.92 Å². The molecule has 39 heavy (non-hydrogen) atoms. The topological polar surface area (TPSA) is 94.8 Å². The number of aliphatic hydroxyl groups is 1. The molecule has 1 unspecified atom stereocenters. The summed E-state index contributed by atoms with van der Waals surface area (Å²) in [5, 5.41) is 17.3. The van der Waals surface area contributed by atoms with Crippen LogP contribution in [0.25, 0.3) is 16.7 Å². The van der Waals surface area contributed by atoms with Crippen molar-refractivity contribution in [2.75, 3.05) is 51.5 Å². The third kappa shape index (κ3) is 5.42. The maximum atomic E-state index is 10.9. The first kappa shape index (κ1) is 26.6. The highest BCUT2D eigenvalue weighted by Crippen LogP contribution is 2.44. The van der Waals surface area contributed by atoms with Crippen LogP contribution >= 0.6 is 0 Å². The van der Waals surface area contributed by atoms with Crippen molar-refractivity contribution in [3.8, 4) is 5.69 Å². The Morgan fingerprint density at radius 1 is 1.08 bits per heavy atom. The lowest BCUT2D eigenvalue weighted by Crippen LogP contribution is -2.35. The van der Waals surface area contributed by atoms with E-state index in [1.165, 1.54) is 6.42 Å². The molecule has 9 heteroatoms. The van der Waals surface area contributed by atoms with Gasteiger partial charge in [-0.25, -0.2) is 9.67 Å². The SMILES string of the molecule is CCOC(O)c1cc(N2CCC(COC)CC2)c2c(C3CCC3)nn(-c3ccnc(C4CCOCC4)c3)c2n1. The number of aliphatic hydroxyl groups excluding tert-OH is 1. The summed E-state index contributed by atoms with van der Waals surface area (Å²) in [6, 6.07) is 6.22. The number of piperidine rings is 1. The number of ether oxygens (including phenoxy) is 3. The maximum absolute atomic E-state index is 10.9. The van der Waals surface area contributed by atoms with E-state index >= 15 is 0 Å². The second-order valence-corrected chi connectivity index (χ2v) is 11.2. The van der Waals surface area contributed by atoms with Crippen molar-refractivity contribution < 1.29 is 19.3 Å². The minimum atomic E-state index is -1.09. The van der Waals surface area contributed by atoms with E-state index in [0.29, 0.717) is 30.1 Å². The summed E-state index contributed by atoms with van der Waals surface area (Å²) < 4.78 is 18.6. The monoisotopic (exact) mass is 535 g/mol. The molecule has 1 atom stereocenters. The van der Waals surface area contributed by atoms with Crippen LogP contribution in [0.4, 0.5) is 5.69 Å². The Bertz CT molecular complexity index is 1260. The highest BCUT2D eigenvalue weighted by molar-refractivity contribution is 5.94. The van der Waals surface area contributed by atoms with Crippen molar-refractivity contribution in [3.63, 3.8) is 0 Å². The quantitative estimate of drug-likeness (QED) is 0.388. The van der Waals surface area contributed by atoms with Gasteiger partial charge in [-0.3, -0.25) is 4.98 Å². The summed E-state index contributed by atoms with van der Waals surface area (Å²) in [5.41, 5.74) is 5.58. The standard InChI is InChI=1S/C30H41N5O4/c1-3-39-30(36)25-18-26(34-13-8-20(9-14-34)19-37-2)27-28(22-5-4-6-22)33-35(29(27)32-25)23-7-12-31-24(17-23)21-10-15-38-16-11-21/h7,12,17-18,20-22,30,36H,3-6,8-11,13-16,19H2,1-2H3. The summed E-state index contributed by atoms with van der Waals surface area (Å²) >= 11 is 0. The van der Waals surface area contributed by atoms with E-state index < -0.39 is 6.29 Å². The van der Waals surface area contributed by atoms with E-state index in [4.69, 9.17) is 29.3 Å². The number of hydrogen-bond donors (Lipinski definition) is 1. The van der Waals surface area contributed by atoms with Crippen molar-refractivity contribution >= 4 is 16.7 Å². The zero-order valence-corrected chi connectivity index (χ0v) is 23.2. The highest BCUT2D eigenvalue weighted by atomic mass is 16.6. The lowest BCUT2D eigenvalue weighted by molar-refractivity contribution is -0.100. The maximum Gasteiger partial charge on any atom is 0.198 e. The first-order valence-electron chi connectivity index (χ1n) is 14.7. The Balaban J connectivity index is 1.47. The normalized spacial score (nSPS) is 20.4. The molecule has 0 aromatic carbocycles. The Morgan fingerprint density at radius 2 is 1.87 bits per heavy atom. The van der Waals surface area contributed by atoms with Crippen LogP contribution in [0.1, 0.15) is 87.1 Å². The molecular weight excluding hydrogens is 494 g/mol. The molecule has 6 rings (SSSR count). The molecule has 5 heterocycles. The van der Waals surface area contributed by atoms with E-state index in [9.17, 15) is 5.11 Å². The van der Waals surface area contributed by atoms with Gasteiger partial charge in [-0.2, -0.15) is 5.10 Å². The van der Waals surface area contributed by atoms with Gasteiger partial charge in [-0.05, 0) is 69.6 Å². The lowest BCUT2D eigenvalue weighted by atomic mass is 9.82. The van der Waals surface area contributed by atoms with E-state index in [0.717, 1.165) is 105 Å². The molecule has 1 N–H and O–H groups in total. The molecule has 0 spiro atoms. The average molecular weight is 536 g/mol. The molecule has 0 amide bonds. The number of rotatable bonds is 9. The Labute approximate surface area is 230 Å². The number of fused-ring (bicyclic) bond motifs is 1. The van der Waals surface area contributed by atoms with Gasteiger partial charge in [0.15, 0.2) is 11.9 Å². The first-order chi connectivity index (χ1) is 19.2. The molecule has 210 valence electrons. The molecule has 0 bridgehead atoms. The third-order valence-electron chi connectivity index (χ3n) is 8.74. The Hall–Kier alpha value is -2.59. The van der Waals surface area contributed by atoms with Gasteiger partial charge in [0, 0.05) is 70.4 Å². The molecule has 3 aromatic heterocycles. The van der Waals surface area contributed by atoms with Crippen LogP contribution in [-0.2, 0) is 14.2 Å². The number of anilines is 1. The summed E-state index contributed by atoms with van der Waals surface area (Å²) in [7, 11) is 1.78. The zero-order chi connectivity index (χ0) is 26.8. The zero-order valence-electron chi connectivity index (χ0n) is 23.2. The minimum absolute atomic E-state index is 0.388. The summed E-state index contributed by atoms with van der Waals surface area (Å²) in [6.45, 7) is 6.53. The van der Waals surface area contributed by atoms with E-state index in [1.54, 1.807) is 7.11 Å². The van der Waals surface area contributed by atoms with E-state index in [-0.39, 0.29) is 0 Å². The molecular formula is C30H41N5O4. The van der Waals surface area contributed by atoms with Gasteiger partial charge in [0.05, 0.1) is 22.5 Å². The number of aromatic nitrogens is 4. The fraction of sp³-hybridized carbons (Fsp3) is 0.633. The van der Waals surface area contributed by atoms with Crippen LogP contribution in [0.2, 0.25) is 0 Å². The molecule has 3 fully saturated rings. The van der Waals surface area contributed by atoms with Crippen molar-refractivity contribution in [1.82, 2.24) is 19.7 Å². The largest absolute Gasteiger partial charge is 0.384 e. The molecule has 3 aromatic rings. The smallest absolute Gasteiger partial charge is 0.198 e. The average Bonchev–Trinajstić information content (AvgIpc) is 3.32.